The van der Waals surface area contributed by atoms with Crippen LogP contribution < -0.4 is 11.1 Å². The topological polar surface area (TPSA) is 55.1 Å². The first kappa shape index (κ1) is 11.0. The fourth-order valence-corrected chi connectivity index (χ4v) is 1.96. The van der Waals surface area contributed by atoms with Crippen LogP contribution in [0.2, 0.25) is 5.02 Å². The molecule has 0 saturated carbocycles. The van der Waals surface area contributed by atoms with Crippen LogP contribution in [0, 0.1) is 0 Å². The number of rotatable bonds is 2. The first-order valence-corrected chi connectivity index (χ1v) is 5.82. The van der Waals surface area contributed by atoms with E-state index in [0.717, 1.165) is 0 Å². The van der Waals surface area contributed by atoms with Gasteiger partial charge in [0, 0.05) is 5.69 Å². The molecule has 5 heteroatoms. The molecule has 3 N–H and O–H groups in total. The molecule has 0 unspecified atom stereocenters. The van der Waals surface area contributed by atoms with E-state index in [-0.39, 0.29) is 5.91 Å². The SMILES string of the molecule is Nc1cc(NC(=O)c2cccs2)ccc1Cl. The van der Waals surface area contributed by atoms with Crippen LogP contribution in [0.4, 0.5) is 11.4 Å². The molecule has 0 aliphatic carbocycles. The molecule has 0 fully saturated rings. The molecule has 0 radical (unpaired) electrons. The predicted molar refractivity (Wildman–Crippen MR) is 68.1 cm³/mol. The second-order valence-corrected chi connectivity index (χ2v) is 4.52. The van der Waals surface area contributed by atoms with Gasteiger partial charge < -0.3 is 11.1 Å². The Bertz CT molecular complexity index is 511. The van der Waals surface area contributed by atoms with Crippen molar-refractivity contribution in [1.29, 1.82) is 0 Å². The number of halogens is 1. The number of nitrogens with two attached hydrogens (primary N) is 1. The van der Waals surface area contributed by atoms with Gasteiger partial charge in [0.1, 0.15) is 0 Å². The summed E-state index contributed by atoms with van der Waals surface area (Å²) in [5.41, 5.74) is 6.72. The van der Waals surface area contributed by atoms with Crippen molar-refractivity contribution >= 4 is 40.2 Å². The van der Waals surface area contributed by atoms with Crippen molar-refractivity contribution in [2.75, 3.05) is 11.1 Å². The largest absolute Gasteiger partial charge is 0.397 e. The lowest BCUT2D eigenvalue weighted by molar-refractivity contribution is 0.103. The Balaban J connectivity index is 2.15. The third-order valence-corrected chi connectivity index (χ3v) is 3.21. The quantitative estimate of drug-likeness (QED) is 0.807. The molecule has 3 nitrogen and oxygen atoms in total. The molecule has 0 spiro atoms. The number of amides is 1. The second kappa shape index (κ2) is 4.55. The van der Waals surface area contributed by atoms with Crippen LogP contribution in [-0.2, 0) is 0 Å². The van der Waals surface area contributed by atoms with Crippen molar-refractivity contribution in [3.05, 3.63) is 45.6 Å². The van der Waals surface area contributed by atoms with Crippen molar-refractivity contribution in [2.45, 2.75) is 0 Å². The van der Waals surface area contributed by atoms with Gasteiger partial charge in [0.15, 0.2) is 0 Å². The third-order valence-electron chi connectivity index (χ3n) is 2.00. The summed E-state index contributed by atoms with van der Waals surface area (Å²) >= 11 is 7.17. The van der Waals surface area contributed by atoms with E-state index in [2.05, 4.69) is 5.32 Å². The van der Waals surface area contributed by atoms with Gasteiger partial charge in [-0.25, -0.2) is 0 Å². The highest BCUT2D eigenvalue weighted by Crippen LogP contribution is 2.23. The Morgan fingerprint density at radius 3 is 2.81 bits per heavy atom. The van der Waals surface area contributed by atoms with Gasteiger partial charge in [-0.15, -0.1) is 11.3 Å². The number of carbonyl (C=O) groups is 1. The molecule has 16 heavy (non-hydrogen) atoms. The molecule has 1 aromatic heterocycles. The van der Waals surface area contributed by atoms with Crippen molar-refractivity contribution in [2.24, 2.45) is 0 Å². The zero-order chi connectivity index (χ0) is 11.5. The minimum absolute atomic E-state index is 0.142. The number of hydrogen-bond donors (Lipinski definition) is 2. The molecule has 2 rings (SSSR count). The molecule has 0 aliphatic rings. The Labute approximate surface area is 102 Å². The van der Waals surface area contributed by atoms with E-state index >= 15 is 0 Å². The van der Waals surface area contributed by atoms with Gasteiger partial charge in [0.2, 0.25) is 0 Å². The molecule has 0 bridgehead atoms. The lowest BCUT2D eigenvalue weighted by Gasteiger charge is -2.05. The summed E-state index contributed by atoms with van der Waals surface area (Å²) in [6, 6.07) is 8.59. The van der Waals surface area contributed by atoms with Crippen molar-refractivity contribution < 1.29 is 4.79 Å². The normalized spacial score (nSPS) is 10.1. The Morgan fingerprint density at radius 2 is 2.19 bits per heavy atom. The Hall–Kier alpha value is -1.52. The number of nitrogens with one attached hydrogen (secondary N) is 1. The Morgan fingerprint density at radius 1 is 1.38 bits per heavy atom. The maximum atomic E-state index is 11.7. The molecule has 0 aliphatic heterocycles. The smallest absolute Gasteiger partial charge is 0.265 e. The van der Waals surface area contributed by atoms with Gasteiger partial charge in [-0.1, -0.05) is 17.7 Å². The van der Waals surface area contributed by atoms with Crippen molar-refractivity contribution in [3.63, 3.8) is 0 Å². The number of carbonyl (C=O) groups excluding carboxylic acids is 1. The lowest BCUT2D eigenvalue weighted by atomic mass is 10.3. The number of anilines is 2. The van der Waals surface area contributed by atoms with Crippen LogP contribution >= 0.6 is 22.9 Å². The molecule has 0 atom stereocenters. The van der Waals surface area contributed by atoms with E-state index in [1.807, 2.05) is 11.4 Å². The number of nitrogen functional groups attached to an aromatic ring is 1. The zero-order valence-electron chi connectivity index (χ0n) is 8.24. The minimum atomic E-state index is -0.142. The standard InChI is InChI=1S/C11H9ClN2OS/c12-8-4-3-7(6-9(8)13)14-11(15)10-2-1-5-16-10/h1-6H,13H2,(H,14,15). The summed E-state index contributed by atoms with van der Waals surface area (Å²) < 4.78 is 0. The summed E-state index contributed by atoms with van der Waals surface area (Å²) in [6.45, 7) is 0. The fourth-order valence-electron chi connectivity index (χ4n) is 1.22. The van der Waals surface area contributed by atoms with E-state index < -0.39 is 0 Å². The molecule has 0 saturated heterocycles. The van der Waals surface area contributed by atoms with E-state index in [1.165, 1.54) is 11.3 Å². The molecule has 1 amide bonds. The minimum Gasteiger partial charge on any atom is -0.397 e. The van der Waals surface area contributed by atoms with Crippen LogP contribution in [0.1, 0.15) is 9.67 Å². The average molecular weight is 253 g/mol. The summed E-state index contributed by atoms with van der Waals surface area (Å²) in [4.78, 5) is 12.4. The van der Waals surface area contributed by atoms with E-state index in [9.17, 15) is 4.79 Å². The van der Waals surface area contributed by atoms with Crippen LogP contribution in [0.3, 0.4) is 0 Å². The second-order valence-electron chi connectivity index (χ2n) is 3.17. The highest BCUT2D eigenvalue weighted by atomic mass is 35.5. The number of benzene rings is 1. The van der Waals surface area contributed by atoms with Gasteiger partial charge in [-0.2, -0.15) is 0 Å². The highest BCUT2D eigenvalue weighted by molar-refractivity contribution is 7.12. The summed E-state index contributed by atoms with van der Waals surface area (Å²) in [5.74, 6) is -0.142. The van der Waals surface area contributed by atoms with Crippen LogP contribution in [0.15, 0.2) is 35.7 Å². The zero-order valence-corrected chi connectivity index (χ0v) is 9.81. The van der Waals surface area contributed by atoms with Gasteiger partial charge in [-0.3, -0.25) is 4.79 Å². The molecule has 1 heterocycles. The van der Waals surface area contributed by atoms with Crippen LogP contribution in [0.5, 0.6) is 0 Å². The number of thiophene rings is 1. The number of hydrogen-bond acceptors (Lipinski definition) is 3. The molecular formula is C11H9ClN2OS. The molecule has 2 aromatic rings. The maximum absolute atomic E-state index is 11.7. The van der Waals surface area contributed by atoms with Gasteiger partial charge in [0.05, 0.1) is 15.6 Å². The summed E-state index contributed by atoms with van der Waals surface area (Å²) in [7, 11) is 0. The highest BCUT2D eigenvalue weighted by Gasteiger charge is 2.07. The predicted octanol–water partition coefficient (Wildman–Crippen LogP) is 3.24. The summed E-state index contributed by atoms with van der Waals surface area (Å²) in [6.07, 6.45) is 0. The average Bonchev–Trinajstić information content (AvgIpc) is 2.77. The molecule has 82 valence electrons. The first-order chi connectivity index (χ1) is 7.66. The lowest BCUT2D eigenvalue weighted by Crippen LogP contribution is -2.10. The van der Waals surface area contributed by atoms with Crippen molar-refractivity contribution in [1.82, 2.24) is 0 Å². The van der Waals surface area contributed by atoms with Crippen LogP contribution in [0.25, 0.3) is 0 Å². The molecule has 1 aromatic carbocycles. The van der Waals surface area contributed by atoms with E-state index in [0.29, 0.717) is 21.3 Å². The van der Waals surface area contributed by atoms with Gasteiger partial charge in [-0.05, 0) is 29.6 Å². The van der Waals surface area contributed by atoms with E-state index in [4.69, 9.17) is 17.3 Å². The Kier molecular flexibility index (Phi) is 3.12. The van der Waals surface area contributed by atoms with Crippen molar-refractivity contribution in [3.8, 4) is 0 Å². The van der Waals surface area contributed by atoms with E-state index in [1.54, 1.807) is 24.3 Å². The third kappa shape index (κ3) is 2.35. The molecular weight excluding hydrogens is 244 g/mol. The van der Waals surface area contributed by atoms with Crippen LogP contribution in [-0.4, -0.2) is 5.91 Å². The fraction of sp³-hybridized carbons (Fsp3) is 0. The monoisotopic (exact) mass is 252 g/mol. The van der Waals surface area contributed by atoms with Gasteiger partial charge in [0.25, 0.3) is 5.91 Å². The first-order valence-electron chi connectivity index (χ1n) is 4.56. The summed E-state index contributed by atoms with van der Waals surface area (Å²) in [5, 5.41) is 5.08. The van der Waals surface area contributed by atoms with Gasteiger partial charge >= 0.3 is 0 Å². The maximum Gasteiger partial charge on any atom is 0.265 e.